The number of halogens is 3. The highest BCUT2D eigenvalue weighted by Gasteiger charge is 2.38. The molecule has 3 heterocycles. The largest absolute Gasteiger partial charge is 0.480 e. The highest BCUT2D eigenvalue weighted by atomic mass is 19.4. The van der Waals surface area contributed by atoms with E-state index in [9.17, 15) is 23.1 Å². The van der Waals surface area contributed by atoms with Gasteiger partial charge in [0.15, 0.2) is 11.9 Å². The standard InChI is InChI=1S/C21H21F3N6O4/c1-4-29-16(11-31)27-30(20(29)32)14-9-13-5-7-25-19(34-17-6-8-26-28(17)3)18(13)15(10-14)33-12(2)21(22,23)24/h5-10,12,31H,4,11H2,1-3H3/t12-/m0/s1. The zero-order valence-electron chi connectivity index (χ0n) is 18.4. The number of hydrogen-bond donors (Lipinski definition) is 1. The van der Waals surface area contributed by atoms with Gasteiger partial charge in [-0.15, -0.1) is 5.10 Å². The fourth-order valence-electron chi connectivity index (χ4n) is 3.38. The molecule has 3 aromatic heterocycles. The summed E-state index contributed by atoms with van der Waals surface area (Å²) in [5, 5.41) is 18.2. The van der Waals surface area contributed by atoms with Crippen LogP contribution in [0.15, 0.2) is 41.5 Å². The summed E-state index contributed by atoms with van der Waals surface area (Å²) in [4.78, 5) is 17.0. The molecule has 0 aliphatic rings. The second-order valence-corrected chi connectivity index (χ2v) is 7.37. The van der Waals surface area contributed by atoms with Crippen molar-refractivity contribution in [3.05, 3.63) is 53.0 Å². The Balaban J connectivity index is 1.93. The van der Waals surface area contributed by atoms with E-state index < -0.39 is 24.6 Å². The molecule has 0 spiro atoms. The van der Waals surface area contributed by atoms with Crippen LogP contribution in [0, 0.1) is 0 Å². The summed E-state index contributed by atoms with van der Waals surface area (Å²) in [6, 6.07) is 5.93. The molecule has 0 radical (unpaired) electrons. The zero-order chi connectivity index (χ0) is 24.6. The molecule has 34 heavy (non-hydrogen) atoms. The third-order valence-corrected chi connectivity index (χ3v) is 5.16. The van der Waals surface area contributed by atoms with Crippen LogP contribution in [0.3, 0.4) is 0 Å². The molecule has 0 bridgehead atoms. The summed E-state index contributed by atoms with van der Waals surface area (Å²) in [6.45, 7) is 2.35. The molecule has 1 aromatic carbocycles. The average molecular weight is 478 g/mol. The molecule has 0 unspecified atom stereocenters. The van der Waals surface area contributed by atoms with Crippen LogP contribution >= 0.6 is 0 Å². The van der Waals surface area contributed by atoms with Gasteiger partial charge in [0, 0.05) is 31.9 Å². The predicted octanol–water partition coefficient (Wildman–Crippen LogP) is 2.95. The van der Waals surface area contributed by atoms with Gasteiger partial charge < -0.3 is 14.6 Å². The number of alkyl halides is 3. The molecule has 10 nitrogen and oxygen atoms in total. The van der Waals surface area contributed by atoms with E-state index in [-0.39, 0.29) is 35.1 Å². The summed E-state index contributed by atoms with van der Waals surface area (Å²) in [7, 11) is 1.64. The first-order valence-electron chi connectivity index (χ1n) is 10.3. The lowest BCUT2D eigenvalue weighted by atomic mass is 10.1. The van der Waals surface area contributed by atoms with Gasteiger partial charge in [-0.05, 0) is 31.4 Å². The highest BCUT2D eigenvalue weighted by molar-refractivity contribution is 5.94. The number of aryl methyl sites for hydroxylation is 1. The van der Waals surface area contributed by atoms with Crippen molar-refractivity contribution in [3.63, 3.8) is 0 Å². The lowest BCUT2D eigenvalue weighted by Gasteiger charge is -2.20. The number of rotatable bonds is 7. The van der Waals surface area contributed by atoms with E-state index in [0.717, 1.165) is 11.6 Å². The van der Waals surface area contributed by atoms with Crippen molar-refractivity contribution in [2.75, 3.05) is 0 Å². The predicted molar refractivity (Wildman–Crippen MR) is 114 cm³/mol. The van der Waals surface area contributed by atoms with Gasteiger partial charge in [0.05, 0.1) is 17.3 Å². The fraction of sp³-hybridized carbons (Fsp3) is 0.333. The first-order valence-corrected chi connectivity index (χ1v) is 10.3. The summed E-state index contributed by atoms with van der Waals surface area (Å²) < 4.78 is 54.8. The maximum absolute atomic E-state index is 13.3. The number of pyridine rings is 1. The summed E-state index contributed by atoms with van der Waals surface area (Å²) in [5.41, 5.74) is -0.400. The highest BCUT2D eigenvalue weighted by Crippen LogP contribution is 2.38. The van der Waals surface area contributed by atoms with E-state index >= 15 is 0 Å². The maximum atomic E-state index is 13.3. The molecular weight excluding hydrogens is 457 g/mol. The van der Waals surface area contributed by atoms with Gasteiger partial charge in [-0.25, -0.2) is 14.5 Å². The summed E-state index contributed by atoms with van der Waals surface area (Å²) in [5.74, 6) is 0.226. The minimum Gasteiger partial charge on any atom is -0.480 e. The second-order valence-electron chi connectivity index (χ2n) is 7.37. The molecule has 0 saturated carbocycles. The van der Waals surface area contributed by atoms with Crippen LogP contribution in [0.5, 0.6) is 17.5 Å². The van der Waals surface area contributed by atoms with Crippen LogP contribution in [-0.2, 0) is 20.2 Å². The van der Waals surface area contributed by atoms with Crippen LogP contribution in [-0.4, -0.2) is 46.5 Å². The lowest BCUT2D eigenvalue weighted by Crippen LogP contribution is -2.31. The molecule has 1 N–H and O–H groups in total. The Kier molecular flexibility index (Phi) is 6.04. The minimum absolute atomic E-state index is 0.000457. The number of aliphatic hydroxyl groups is 1. The molecule has 4 rings (SSSR count). The van der Waals surface area contributed by atoms with Crippen molar-refractivity contribution in [3.8, 4) is 23.2 Å². The van der Waals surface area contributed by atoms with Crippen molar-refractivity contribution in [2.45, 2.75) is 39.3 Å². The van der Waals surface area contributed by atoms with E-state index in [2.05, 4.69) is 15.2 Å². The monoisotopic (exact) mass is 478 g/mol. The minimum atomic E-state index is -4.64. The van der Waals surface area contributed by atoms with Gasteiger partial charge in [-0.1, -0.05) is 0 Å². The third-order valence-electron chi connectivity index (χ3n) is 5.16. The second kappa shape index (κ2) is 8.82. The molecule has 0 aliphatic carbocycles. The molecule has 4 aromatic rings. The van der Waals surface area contributed by atoms with E-state index in [4.69, 9.17) is 9.47 Å². The number of benzene rings is 1. The van der Waals surface area contributed by atoms with Crippen LogP contribution < -0.4 is 15.2 Å². The smallest absolute Gasteiger partial charge is 0.425 e. The average Bonchev–Trinajstić information content (AvgIpc) is 3.34. The van der Waals surface area contributed by atoms with Crippen molar-refractivity contribution in [1.29, 1.82) is 0 Å². The summed E-state index contributed by atoms with van der Waals surface area (Å²) in [6.07, 6.45) is -3.88. The topological polar surface area (TPSA) is 109 Å². The molecule has 1 atom stereocenters. The fourth-order valence-corrected chi connectivity index (χ4v) is 3.38. The van der Waals surface area contributed by atoms with Crippen LogP contribution in [0.4, 0.5) is 13.2 Å². The molecule has 180 valence electrons. The molecule has 0 fully saturated rings. The van der Waals surface area contributed by atoms with Gasteiger partial charge in [-0.3, -0.25) is 4.57 Å². The van der Waals surface area contributed by atoms with Gasteiger partial charge in [-0.2, -0.15) is 23.0 Å². The molecule has 0 saturated heterocycles. The van der Waals surface area contributed by atoms with E-state index in [1.54, 1.807) is 32.2 Å². The zero-order valence-corrected chi connectivity index (χ0v) is 18.4. The van der Waals surface area contributed by atoms with Crippen LogP contribution in [0.1, 0.15) is 19.7 Å². The van der Waals surface area contributed by atoms with Crippen molar-refractivity contribution >= 4 is 10.8 Å². The Hall–Kier alpha value is -3.87. The van der Waals surface area contributed by atoms with E-state index in [1.807, 2.05) is 0 Å². The Morgan fingerprint density at radius 3 is 2.56 bits per heavy atom. The number of ether oxygens (including phenoxy) is 2. The Morgan fingerprint density at radius 1 is 1.21 bits per heavy atom. The molecule has 0 amide bonds. The number of hydrogen-bond acceptors (Lipinski definition) is 7. The van der Waals surface area contributed by atoms with Crippen molar-refractivity contribution < 1.29 is 27.8 Å². The Bertz CT molecular complexity index is 1390. The van der Waals surface area contributed by atoms with Gasteiger partial charge in [0.2, 0.25) is 11.8 Å². The van der Waals surface area contributed by atoms with Crippen LogP contribution in [0.2, 0.25) is 0 Å². The number of nitrogens with zero attached hydrogens (tertiary/aromatic N) is 6. The number of aliphatic hydroxyl groups excluding tert-OH is 1. The molecule has 13 heteroatoms. The summed E-state index contributed by atoms with van der Waals surface area (Å²) >= 11 is 0. The quantitative estimate of drug-likeness (QED) is 0.435. The van der Waals surface area contributed by atoms with Crippen molar-refractivity contribution in [2.24, 2.45) is 7.05 Å². The number of aromatic nitrogens is 6. The Labute approximate surface area is 190 Å². The van der Waals surface area contributed by atoms with E-state index in [1.165, 1.54) is 27.7 Å². The van der Waals surface area contributed by atoms with Gasteiger partial charge >= 0.3 is 11.9 Å². The first kappa shape index (κ1) is 23.3. The normalized spacial score (nSPS) is 12.8. The maximum Gasteiger partial charge on any atom is 0.425 e. The SMILES string of the molecule is CCn1c(CO)nn(-c2cc(O[C@@H](C)C(F)(F)F)c3c(Oc4ccnn4C)nccc3c2)c1=O. The van der Waals surface area contributed by atoms with Gasteiger partial charge in [0.25, 0.3) is 0 Å². The van der Waals surface area contributed by atoms with Crippen LogP contribution in [0.25, 0.3) is 16.5 Å². The first-order chi connectivity index (χ1) is 16.1. The lowest BCUT2D eigenvalue weighted by molar-refractivity contribution is -0.189. The van der Waals surface area contributed by atoms with E-state index in [0.29, 0.717) is 11.3 Å². The number of fused-ring (bicyclic) bond motifs is 1. The molecule has 0 aliphatic heterocycles. The molecular formula is C21H21F3N6O4. The van der Waals surface area contributed by atoms with Gasteiger partial charge in [0.1, 0.15) is 12.4 Å². The Morgan fingerprint density at radius 2 is 1.97 bits per heavy atom. The third kappa shape index (κ3) is 4.21. The van der Waals surface area contributed by atoms with Crippen molar-refractivity contribution in [1.82, 2.24) is 29.1 Å².